The average molecular weight is 392 g/mol. The second-order valence-corrected chi connectivity index (χ2v) is 6.84. The molecule has 2 aromatic rings. The number of methoxy groups -OCH3 is 1. The van der Waals surface area contributed by atoms with Crippen LogP contribution in [0.3, 0.4) is 0 Å². The maximum absolute atomic E-state index is 12.8. The monoisotopic (exact) mass is 392 g/mol. The molecule has 6 heteroatoms. The Labute approximate surface area is 170 Å². The zero-order valence-corrected chi connectivity index (χ0v) is 16.6. The van der Waals surface area contributed by atoms with E-state index in [1.807, 2.05) is 48.5 Å². The third-order valence-corrected chi connectivity index (χ3v) is 4.99. The second kappa shape index (κ2) is 9.19. The van der Waals surface area contributed by atoms with Crippen LogP contribution in [0.1, 0.15) is 18.9 Å². The van der Waals surface area contributed by atoms with Gasteiger partial charge in [0.1, 0.15) is 0 Å². The smallest absolute Gasteiger partial charge is 0.336 e. The lowest BCUT2D eigenvalue weighted by molar-refractivity contribution is -0.139. The topological polar surface area (TPSA) is 75.7 Å². The van der Waals surface area contributed by atoms with Gasteiger partial charge in [-0.3, -0.25) is 14.5 Å². The summed E-state index contributed by atoms with van der Waals surface area (Å²) in [4.78, 5) is 39.6. The molecule has 2 aromatic carbocycles. The molecule has 1 N–H and O–H groups in total. The molecule has 0 aliphatic carbocycles. The van der Waals surface area contributed by atoms with Gasteiger partial charge in [-0.25, -0.2) is 4.79 Å². The van der Waals surface area contributed by atoms with Gasteiger partial charge < -0.3 is 10.1 Å². The van der Waals surface area contributed by atoms with E-state index in [0.717, 1.165) is 5.56 Å². The molecular formula is C23H24N2O4. The number of hydrogen-bond acceptors (Lipinski definition) is 4. The quantitative estimate of drug-likeness (QED) is 0.767. The summed E-state index contributed by atoms with van der Waals surface area (Å²) in [5.41, 5.74) is 2.39. The molecule has 6 nitrogen and oxygen atoms in total. The largest absolute Gasteiger partial charge is 0.466 e. The van der Waals surface area contributed by atoms with Gasteiger partial charge in [0.25, 0.3) is 0 Å². The van der Waals surface area contributed by atoms with Crippen LogP contribution in [-0.2, 0) is 25.5 Å². The van der Waals surface area contributed by atoms with Crippen molar-refractivity contribution in [3.05, 3.63) is 77.5 Å². The fourth-order valence-corrected chi connectivity index (χ4v) is 3.56. The van der Waals surface area contributed by atoms with Gasteiger partial charge in [-0.2, -0.15) is 0 Å². The number of nitrogens with zero attached hydrogens (tertiary/aromatic N) is 1. The first kappa shape index (κ1) is 20.3. The summed E-state index contributed by atoms with van der Waals surface area (Å²) < 4.78 is 4.92. The minimum absolute atomic E-state index is 0.0894. The highest BCUT2D eigenvalue weighted by atomic mass is 16.5. The number of nitrogens with one attached hydrogen (secondary N) is 1. The molecule has 0 bridgehead atoms. The third-order valence-electron chi connectivity index (χ3n) is 4.99. The number of anilines is 1. The zero-order valence-electron chi connectivity index (χ0n) is 16.6. The summed E-state index contributed by atoms with van der Waals surface area (Å²) >= 11 is 0. The zero-order chi connectivity index (χ0) is 20.8. The minimum Gasteiger partial charge on any atom is -0.466 e. The van der Waals surface area contributed by atoms with Gasteiger partial charge in [0.2, 0.25) is 11.8 Å². The summed E-state index contributed by atoms with van der Waals surface area (Å²) in [6.45, 7) is 2.09. The lowest BCUT2D eigenvalue weighted by Gasteiger charge is -2.33. The lowest BCUT2D eigenvalue weighted by Crippen LogP contribution is -2.45. The normalized spacial score (nSPS) is 16.6. The summed E-state index contributed by atoms with van der Waals surface area (Å²) in [5.74, 6) is -2.05. The van der Waals surface area contributed by atoms with E-state index in [1.165, 1.54) is 12.0 Å². The predicted molar refractivity (Wildman–Crippen MR) is 110 cm³/mol. The molecule has 3 rings (SSSR count). The maximum atomic E-state index is 12.8. The number of hydrogen-bond donors (Lipinski definition) is 1. The summed E-state index contributed by atoms with van der Waals surface area (Å²) in [6, 6.07) is 18.8. The van der Waals surface area contributed by atoms with Crippen LogP contribution < -0.4 is 10.2 Å². The highest BCUT2D eigenvalue weighted by molar-refractivity contribution is 6.08. The van der Waals surface area contributed by atoms with Crippen molar-refractivity contribution in [3.8, 4) is 0 Å². The maximum Gasteiger partial charge on any atom is 0.336 e. The van der Waals surface area contributed by atoms with Crippen molar-refractivity contribution >= 4 is 23.5 Å². The molecular weight excluding hydrogens is 368 g/mol. The Morgan fingerprint density at radius 3 is 2.31 bits per heavy atom. The standard InChI is InChI=1S/C23H24N2O4/c1-16-21(23(28)29-2)19(15-20(26)25(16)18-11-7-4-8-12-18)22(27)24-14-13-17-9-5-3-6-10-17/h3-12,19H,13-15H2,1-2H3,(H,24,27)/t19-/m0/s1. The van der Waals surface area contributed by atoms with Crippen molar-refractivity contribution in [3.63, 3.8) is 0 Å². The minimum atomic E-state index is -0.870. The van der Waals surface area contributed by atoms with Crippen LogP contribution in [-0.4, -0.2) is 31.4 Å². The van der Waals surface area contributed by atoms with Gasteiger partial charge in [-0.1, -0.05) is 48.5 Å². The molecule has 1 aliphatic rings. The number of amides is 2. The van der Waals surface area contributed by atoms with E-state index in [4.69, 9.17) is 4.74 Å². The molecule has 150 valence electrons. The van der Waals surface area contributed by atoms with Crippen molar-refractivity contribution in [1.82, 2.24) is 5.32 Å². The molecule has 1 atom stereocenters. The van der Waals surface area contributed by atoms with Crippen molar-refractivity contribution in [1.29, 1.82) is 0 Å². The molecule has 0 unspecified atom stereocenters. The second-order valence-electron chi connectivity index (χ2n) is 6.84. The first-order valence-electron chi connectivity index (χ1n) is 9.51. The molecule has 0 radical (unpaired) electrons. The highest BCUT2D eigenvalue weighted by Crippen LogP contribution is 2.33. The van der Waals surface area contributed by atoms with Gasteiger partial charge in [-0.15, -0.1) is 0 Å². The fraction of sp³-hybridized carbons (Fsp3) is 0.261. The van der Waals surface area contributed by atoms with E-state index in [9.17, 15) is 14.4 Å². The molecule has 0 fully saturated rings. The predicted octanol–water partition coefficient (Wildman–Crippen LogP) is 2.85. The number of esters is 1. The number of para-hydroxylation sites is 1. The molecule has 29 heavy (non-hydrogen) atoms. The number of benzene rings is 2. The van der Waals surface area contributed by atoms with Crippen LogP contribution in [0.25, 0.3) is 0 Å². The number of carbonyl (C=O) groups is 3. The van der Waals surface area contributed by atoms with Crippen LogP contribution in [0.2, 0.25) is 0 Å². The third kappa shape index (κ3) is 4.54. The number of ether oxygens (including phenoxy) is 1. The molecule has 0 saturated heterocycles. The summed E-state index contributed by atoms with van der Waals surface area (Å²) in [7, 11) is 1.27. The first-order valence-corrected chi connectivity index (χ1v) is 9.51. The van der Waals surface area contributed by atoms with Crippen molar-refractivity contribution < 1.29 is 19.1 Å². The van der Waals surface area contributed by atoms with Crippen molar-refractivity contribution in [2.75, 3.05) is 18.6 Å². The number of rotatable bonds is 6. The SMILES string of the molecule is COC(=O)C1=C(C)N(c2ccccc2)C(=O)C[C@@H]1C(=O)NCCc1ccccc1. The van der Waals surface area contributed by atoms with Crippen LogP contribution in [0.5, 0.6) is 0 Å². The summed E-state index contributed by atoms with van der Waals surface area (Å²) in [5, 5.41) is 2.85. The molecule has 1 aliphatic heterocycles. The molecule has 0 saturated carbocycles. The number of carbonyl (C=O) groups excluding carboxylic acids is 3. The Hall–Kier alpha value is -3.41. The van der Waals surface area contributed by atoms with Gasteiger partial charge in [0, 0.05) is 24.4 Å². The molecule has 2 amide bonds. The average Bonchev–Trinajstić information content (AvgIpc) is 2.74. The Morgan fingerprint density at radius 2 is 1.69 bits per heavy atom. The van der Waals surface area contributed by atoms with E-state index in [2.05, 4.69) is 5.32 Å². The van der Waals surface area contributed by atoms with E-state index in [-0.39, 0.29) is 23.8 Å². The van der Waals surface area contributed by atoms with Crippen LogP contribution in [0, 0.1) is 5.92 Å². The molecule has 0 spiro atoms. The van der Waals surface area contributed by atoms with Crippen LogP contribution in [0.4, 0.5) is 5.69 Å². The van der Waals surface area contributed by atoms with Gasteiger partial charge in [0.05, 0.1) is 18.6 Å². The van der Waals surface area contributed by atoms with E-state index < -0.39 is 11.9 Å². The van der Waals surface area contributed by atoms with Gasteiger partial charge in [-0.05, 0) is 31.0 Å². The van der Waals surface area contributed by atoms with Crippen LogP contribution in [0.15, 0.2) is 71.9 Å². The Kier molecular flexibility index (Phi) is 6.44. The van der Waals surface area contributed by atoms with E-state index >= 15 is 0 Å². The highest BCUT2D eigenvalue weighted by Gasteiger charge is 2.40. The first-order chi connectivity index (χ1) is 14.0. The fourth-order valence-electron chi connectivity index (χ4n) is 3.56. The van der Waals surface area contributed by atoms with E-state index in [1.54, 1.807) is 19.1 Å². The van der Waals surface area contributed by atoms with Gasteiger partial charge in [0.15, 0.2) is 0 Å². The van der Waals surface area contributed by atoms with Crippen molar-refractivity contribution in [2.45, 2.75) is 19.8 Å². The molecule has 0 aromatic heterocycles. The van der Waals surface area contributed by atoms with E-state index in [0.29, 0.717) is 24.4 Å². The number of allylic oxidation sites excluding steroid dienone is 1. The Morgan fingerprint density at radius 1 is 1.07 bits per heavy atom. The van der Waals surface area contributed by atoms with Gasteiger partial charge >= 0.3 is 5.97 Å². The van der Waals surface area contributed by atoms with Crippen LogP contribution >= 0.6 is 0 Å². The summed E-state index contributed by atoms with van der Waals surface area (Å²) in [6.07, 6.45) is 0.577. The lowest BCUT2D eigenvalue weighted by atomic mass is 9.88. The molecule has 1 heterocycles. The Balaban J connectivity index is 1.82. The Bertz CT molecular complexity index is 922. The van der Waals surface area contributed by atoms with Crippen molar-refractivity contribution in [2.24, 2.45) is 5.92 Å².